The molecule has 0 saturated carbocycles. The highest BCUT2D eigenvalue weighted by Crippen LogP contribution is 2.33. The molecule has 1 saturated heterocycles. The fourth-order valence-electron chi connectivity index (χ4n) is 4.25. The number of amides is 3. The van der Waals surface area contributed by atoms with E-state index in [4.69, 9.17) is 14.2 Å². The number of pyridine rings is 1. The number of hydrogen-bond acceptors (Lipinski definition) is 8. The van der Waals surface area contributed by atoms with Crippen molar-refractivity contribution in [3.63, 3.8) is 0 Å². The molecule has 4 rings (SSSR count). The maximum absolute atomic E-state index is 13.8. The molecule has 2 atom stereocenters. The molecule has 3 amide bonds. The van der Waals surface area contributed by atoms with Gasteiger partial charge in [-0.3, -0.25) is 4.98 Å². The standard InChI is InChI=1S/C24H28F3N7O5/c1-5-34(22(35)31-19(24(25,26)27)13-33-8-9-39-23(33)36)14(2)16-10-15(18(37-3)11-29-16)17-12-32-7-6-28-20(32)21(30-17)38-4/h6-7,10-12,14,19H,5,8-9,13H2,1-4H3,(H,31,35)/t14-,19?/m1/s1. The van der Waals surface area contributed by atoms with Gasteiger partial charge in [0.05, 0.1) is 50.9 Å². The quantitative estimate of drug-likeness (QED) is 0.430. The number of urea groups is 1. The highest BCUT2D eigenvalue weighted by atomic mass is 19.4. The molecule has 0 aromatic carbocycles. The Morgan fingerprint density at radius 3 is 2.67 bits per heavy atom. The lowest BCUT2D eigenvalue weighted by Gasteiger charge is -2.32. The van der Waals surface area contributed by atoms with Crippen LogP contribution in [-0.4, -0.2) is 94.0 Å². The van der Waals surface area contributed by atoms with Crippen molar-refractivity contribution >= 4 is 17.8 Å². The molecule has 3 aromatic rings. The average molecular weight is 552 g/mol. The summed E-state index contributed by atoms with van der Waals surface area (Å²) in [5.41, 5.74) is 1.90. The summed E-state index contributed by atoms with van der Waals surface area (Å²) in [7, 11) is 2.94. The maximum Gasteiger partial charge on any atom is 0.410 e. The van der Waals surface area contributed by atoms with E-state index in [0.29, 0.717) is 28.3 Å². The summed E-state index contributed by atoms with van der Waals surface area (Å²) >= 11 is 0. The molecule has 210 valence electrons. The van der Waals surface area contributed by atoms with Gasteiger partial charge in [0.25, 0.3) is 5.88 Å². The van der Waals surface area contributed by atoms with Crippen LogP contribution < -0.4 is 14.8 Å². The number of fused-ring (bicyclic) bond motifs is 1. The van der Waals surface area contributed by atoms with Gasteiger partial charge < -0.3 is 33.7 Å². The lowest BCUT2D eigenvalue weighted by molar-refractivity contribution is -0.155. The third-order valence-corrected chi connectivity index (χ3v) is 6.36. The number of rotatable bonds is 9. The second-order valence-corrected chi connectivity index (χ2v) is 8.67. The summed E-state index contributed by atoms with van der Waals surface area (Å²) in [5.74, 6) is 0.669. The third kappa shape index (κ3) is 5.76. The first-order chi connectivity index (χ1) is 18.6. The predicted octanol–water partition coefficient (Wildman–Crippen LogP) is 3.28. The Balaban J connectivity index is 1.61. The van der Waals surface area contributed by atoms with Crippen molar-refractivity contribution in [3.8, 4) is 22.9 Å². The van der Waals surface area contributed by atoms with Crippen LogP contribution in [-0.2, 0) is 4.74 Å². The molecule has 1 aliphatic rings. The molecule has 1 fully saturated rings. The Hall–Kier alpha value is -4.30. The monoisotopic (exact) mass is 551 g/mol. The second kappa shape index (κ2) is 11.2. The smallest absolute Gasteiger partial charge is 0.410 e. The van der Waals surface area contributed by atoms with E-state index in [1.807, 2.05) is 5.32 Å². The minimum absolute atomic E-state index is 0.00450. The summed E-state index contributed by atoms with van der Waals surface area (Å²) < 4.78 is 58.6. The number of nitrogens with one attached hydrogen (secondary N) is 1. The van der Waals surface area contributed by atoms with Crippen LogP contribution in [0.5, 0.6) is 11.6 Å². The first-order valence-corrected chi connectivity index (χ1v) is 12.0. The number of methoxy groups -OCH3 is 2. The number of cyclic esters (lactones) is 1. The molecule has 3 aromatic heterocycles. The Kier molecular flexibility index (Phi) is 7.97. The van der Waals surface area contributed by atoms with Crippen LogP contribution in [0, 0.1) is 0 Å². The van der Waals surface area contributed by atoms with Crippen molar-refractivity contribution in [2.45, 2.75) is 32.1 Å². The molecule has 1 N–H and O–H groups in total. The van der Waals surface area contributed by atoms with Crippen LogP contribution in [0.25, 0.3) is 16.9 Å². The average Bonchev–Trinajstić information content (AvgIpc) is 3.55. The molecule has 15 heteroatoms. The fourth-order valence-corrected chi connectivity index (χ4v) is 4.25. The zero-order valence-electron chi connectivity index (χ0n) is 21.7. The lowest BCUT2D eigenvalue weighted by atomic mass is 10.1. The Bertz CT molecular complexity index is 1350. The van der Waals surface area contributed by atoms with Gasteiger partial charge in [0.15, 0.2) is 5.65 Å². The Morgan fingerprint density at radius 1 is 1.28 bits per heavy atom. The van der Waals surface area contributed by atoms with Crippen LogP contribution in [0.2, 0.25) is 0 Å². The van der Waals surface area contributed by atoms with Gasteiger partial charge in [-0.05, 0) is 19.9 Å². The molecule has 1 unspecified atom stereocenters. The van der Waals surface area contributed by atoms with Crippen molar-refractivity contribution in [3.05, 3.63) is 36.5 Å². The van der Waals surface area contributed by atoms with Crippen molar-refractivity contribution < 1.29 is 37.0 Å². The molecule has 39 heavy (non-hydrogen) atoms. The van der Waals surface area contributed by atoms with Crippen molar-refractivity contribution in [1.29, 1.82) is 0 Å². The number of imidazole rings is 1. The number of ether oxygens (including phenoxy) is 3. The second-order valence-electron chi connectivity index (χ2n) is 8.67. The van der Waals surface area contributed by atoms with Gasteiger partial charge in [-0.2, -0.15) is 13.2 Å². The number of carbonyl (C=O) groups is 2. The van der Waals surface area contributed by atoms with E-state index in [1.54, 1.807) is 42.9 Å². The third-order valence-electron chi connectivity index (χ3n) is 6.36. The zero-order valence-corrected chi connectivity index (χ0v) is 21.7. The van der Waals surface area contributed by atoms with E-state index >= 15 is 0 Å². The topological polar surface area (TPSA) is 123 Å². The van der Waals surface area contributed by atoms with Gasteiger partial charge in [-0.25, -0.2) is 19.6 Å². The molecule has 1 aliphatic heterocycles. The number of halogens is 3. The zero-order chi connectivity index (χ0) is 28.3. The van der Waals surface area contributed by atoms with Crippen LogP contribution in [0.15, 0.2) is 30.9 Å². The highest BCUT2D eigenvalue weighted by molar-refractivity contribution is 5.76. The first kappa shape index (κ1) is 27.7. The molecule has 0 aliphatic carbocycles. The van der Waals surface area contributed by atoms with Gasteiger partial charge >= 0.3 is 18.3 Å². The number of carbonyl (C=O) groups excluding carboxylic acids is 2. The van der Waals surface area contributed by atoms with Gasteiger partial charge in [0, 0.05) is 30.7 Å². The summed E-state index contributed by atoms with van der Waals surface area (Å²) in [6.45, 7) is 2.62. The van der Waals surface area contributed by atoms with E-state index < -0.39 is 36.9 Å². The van der Waals surface area contributed by atoms with Gasteiger partial charge in [0.2, 0.25) is 0 Å². The summed E-state index contributed by atoms with van der Waals surface area (Å²) in [6.07, 6.45) is 0.855. The SMILES string of the molecule is CCN(C(=O)NC(CN1CCOC1=O)C(F)(F)F)[C@H](C)c1cc(-c2cn3ccnc3c(OC)n2)c(OC)cn1. The molecule has 12 nitrogen and oxygen atoms in total. The van der Waals surface area contributed by atoms with Crippen LogP contribution in [0.3, 0.4) is 0 Å². The van der Waals surface area contributed by atoms with Crippen molar-refractivity contribution in [2.75, 3.05) is 40.5 Å². The largest absolute Gasteiger partial charge is 0.494 e. The number of aromatic nitrogens is 4. The predicted molar refractivity (Wildman–Crippen MR) is 131 cm³/mol. The molecule has 0 radical (unpaired) electrons. The lowest BCUT2D eigenvalue weighted by Crippen LogP contribution is -2.55. The maximum atomic E-state index is 13.8. The minimum Gasteiger partial charge on any atom is -0.494 e. The highest BCUT2D eigenvalue weighted by Gasteiger charge is 2.44. The van der Waals surface area contributed by atoms with Crippen LogP contribution >= 0.6 is 0 Å². The van der Waals surface area contributed by atoms with E-state index in [2.05, 4.69) is 15.0 Å². The van der Waals surface area contributed by atoms with Gasteiger partial charge in [-0.15, -0.1) is 0 Å². The van der Waals surface area contributed by atoms with Crippen molar-refractivity contribution in [2.24, 2.45) is 0 Å². The Morgan fingerprint density at radius 2 is 2.05 bits per heavy atom. The Labute approximate surface area is 221 Å². The van der Waals surface area contributed by atoms with E-state index in [9.17, 15) is 22.8 Å². The van der Waals surface area contributed by atoms with Crippen molar-refractivity contribution in [1.82, 2.24) is 34.5 Å². The molecule has 0 spiro atoms. The molecule has 0 bridgehead atoms. The number of nitrogens with zero attached hydrogens (tertiary/aromatic N) is 6. The number of hydrogen-bond donors (Lipinski definition) is 1. The molecular formula is C24H28F3N7O5. The normalized spacial score (nSPS) is 15.2. The van der Waals surface area contributed by atoms with Gasteiger partial charge in [0.1, 0.15) is 18.4 Å². The summed E-state index contributed by atoms with van der Waals surface area (Å²) in [4.78, 5) is 40.0. The fraction of sp³-hybridized carbons (Fsp3) is 0.458. The van der Waals surface area contributed by atoms with Crippen LogP contribution in [0.4, 0.5) is 22.8 Å². The summed E-state index contributed by atoms with van der Waals surface area (Å²) in [5, 5.41) is 2.03. The van der Waals surface area contributed by atoms with Gasteiger partial charge in [-0.1, -0.05) is 0 Å². The summed E-state index contributed by atoms with van der Waals surface area (Å²) in [6, 6.07) is -2.32. The molecular weight excluding hydrogens is 523 g/mol. The van der Waals surface area contributed by atoms with Crippen LogP contribution in [0.1, 0.15) is 25.6 Å². The number of alkyl halides is 3. The minimum atomic E-state index is -4.79. The van der Waals surface area contributed by atoms with E-state index in [1.165, 1.54) is 25.3 Å². The molecule has 4 heterocycles. The van der Waals surface area contributed by atoms with E-state index in [-0.39, 0.29) is 25.6 Å². The van der Waals surface area contributed by atoms with E-state index in [0.717, 1.165) is 4.90 Å². The first-order valence-electron chi connectivity index (χ1n) is 12.0.